The number of aryl methyl sites for hydroxylation is 1. The Morgan fingerprint density at radius 3 is 2.42 bits per heavy atom. The summed E-state index contributed by atoms with van der Waals surface area (Å²) in [5.41, 5.74) is 5.11. The summed E-state index contributed by atoms with van der Waals surface area (Å²) in [6.07, 6.45) is 1.66. The van der Waals surface area contributed by atoms with Crippen molar-refractivity contribution in [1.29, 1.82) is 0 Å². The third-order valence-electron chi connectivity index (χ3n) is 5.77. The van der Waals surface area contributed by atoms with Crippen molar-refractivity contribution in [2.45, 2.75) is 13.5 Å². The molecule has 0 atom stereocenters. The predicted octanol–water partition coefficient (Wildman–Crippen LogP) is 3.60. The molecule has 2 aromatic carbocycles. The van der Waals surface area contributed by atoms with Gasteiger partial charge in [-0.05, 0) is 30.7 Å². The van der Waals surface area contributed by atoms with Crippen LogP contribution >= 0.6 is 0 Å². The van der Waals surface area contributed by atoms with Gasteiger partial charge in [0.2, 0.25) is 0 Å². The second kappa shape index (κ2) is 10.3. The van der Waals surface area contributed by atoms with E-state index in [1.165, 1.54) is 11.1 Å². The Balaban J connectivity index is 1.19. The summed E-state index contributed by atoms with van der Waals surface area (Å²) in [7, 11) is 0. The van der Waals surface area contributed by atoms with Crippen molar-refractivity contribution in [3.05, 3.63) is 89.6 Å². The van der Waals surface area contributed by atoms with Crippen LogP contribution in [-0.4, -0.2) is 60.0 Å². The molecule has 3 aromatic rings. The highest BCUT2D eigenvalue weighted by Crippen LogP contribution is 2.18. The number of nitrogens with zero attached hydrogens (tertiary/aromatic N) is 3. The minimum absolute atomic E-state index is 0.0639. The van der Waals surface area contributed by atoms with Crippen LogP contribution in [0.15, 0.2) is 72.9 Å². The summed E-state index contributed by atoms with van der Waals surface area (Å²) in [5.74, 6) is -0.0639. The molecule has 0 aliphatic carbocycles. The Kier molecular flexibility index (Phi) is 7.07. The Morgan fingerprint density at radius 1 is 0.935 bits per heavy atom. The Labute approximate surface area is 184 Å². The molecule has 1 aromatic heterocycles. The average molecular weight is 415 g/mol. The molecule has 31 heavy (non-hydrogen) atoms. The van der Waals surface area contributed by atoms with Gasteiger partial charge in [0.25, 0.3) is 5.91 Å². The molecule has 5 heteroatoms. The van der Waals surface area contributed by atoms with Crippen molar-refractivity contribution in [2.24, 2.45) is 0 Å². The topological polar surface area (TPSA) is 48.5 Å². The number of rotatable bonds is 7. The van der Waals surface area contributed by atoms with Gasteiger partial charge in [-0.25, -0.2) is 0 Å². The number of nitrogens with one attached hydrogen (secondary N) is 1. The summed E-state index contributed by atoms with van der Waals surface area (Å²) < 4.78 is 0. The van der Waals surface area contributed by atoms with E-state index in [9.17, 15) is 4.79 Å². The summed E-state index contributed by atoms with van der Waals surface area (Å²) in [6, 6.07) is 22.6. The van der Waals surface area contributed by atoms with Gasteiger partial charge in [-0.3, -0.25) is 19.6 Å². The number of aromatic nitrogens is 1. The van der Waals surface area contributed by atoms with Crippen molar-refractivity contribution in [3.63, 3.8) is 0 Å². The van der Waals surface area contributed by atoms with E-state index in [2.05, 4.69) is 69.5 Å². The van der Waals surface area contributed by atoms with E-state index in [1.54, 1.807) is 6.20 Å². The first-order chi connectivity index (χ1) is 15.2. The number of carbonyl (C=O) groups is 1. The second-order valence-corrected chi connectivity index (χ2v) is 8.16. The van der Waals surface area contributed by atoms with Gasteiger partial charge in [-0.1, -0.05) is 54.1 Å². The molecule has 0 saturated carbocycles. The first-order valence-corrected chi connectivity index (χ1v) is 11.0. The van der Waals surface area contributed by atoms with Gasteiger partial charge < -0.3 is 5.32 Å². The normalized spacial score (nSPS) is 15.0. The van der Waals surface area contributed by atoms with Gasteiger partial charge >= 0.3 is 0 Å². The fourth-order valence-electron chi connectivity index (χ4n) is 3.95. The van der Waals surface area contributed by atoms with Gasteiger partial charge in [0.1, 0.15) is 0 Å². The van der Waals surface area contributed by atoms with E-state index in [0.717, 1.165) is 50.5 Å². The van der Waals surface area contributed by atoms with Crippen LogP contribution in [0.4, 0.5) is 0 Å². The Hall–Kier alpha value is -3.02. The maximum atomic E-state index is 12.5. The monoisotopic (exact) mass is 414 g/mol. The SMILES string of the molecule is Cc1cccc(-c2ccc(C(=O)NCCN3CCN(Cc4ccccc4)CC3)cn2)c1. The van der Waals surface area contributed by atoms with Gasteiger partial charge in [0.05, 0.1) is 11.3 Å². The van der Waals surface area contributed by atoms with Gasteiger partial charge in [-0.15, -0.1) is 0 Å². The van der Waals surface area contributed by atoms with Crippen molar-refractivity contribution in [1.82, 2.24) is 20.1 Å². The van der Waals surface area contributed by atoms with Gasteiger partial charge in [0, 0.05) is 57.6 Å². The molecule has 0 unspecified atom stereocenters. The van der Waals surface area contributed by atoms with E-state index in [1.807, 2.05) is 24.3 Å². The highest BCUT2D eigenvalue weighted by molar-refractivity contribution is 5.94. The van der Waals surface area contributed by atoms with E-state index in [4.69, 9.17) is 0 Å². The maximum absolute atomic E-state index is 12.5. The molecule has 5 nitrogen and oxygen atoms in total. The van der Waals surface area contributed by atoms with Crippen LogP contribution in [-0.2, 0) is 6.54 Å². The van der Waals surface area contributed by atoms with Crippen LogP contribution in [0.5, 0.6) is 0 Å². The number of piperazine rings is 1. The molecule has 1 fully saturated rings. The predicted molar refractivity (Wildman–Crippen MR) is 125 cm³/mol. The summed E-state index contributed by atoms with van der Waals surface area (Å²) in [5, 5.41) is 3.03. The standard InChI is InChI=1S/C26H30N4O/c1-21-6-5-9-23(18-21)25-11-10-24(19-28-25)26(31)27-12-13-29-14-16-30(17-15-29)20-22-7-3-2-4-8-22/h2-11,18-19H,12-17,20H2,1H3,(H,27,31). The number of benzene rings is 2. The lowest BCUT2D eigenvalue weighted by Crippen LogP contribution is -2.48. The van der Waals surface area contributed by atoms with Gasteiger partial charge in [0.15, 0.2) is 0 Å². The number of hydrogen-bond donors (Lipinski definition) is 1. The number of pyridine rings is 1. The first kappa shape index (κ1) is 21.2. The van der Waals surface area contributed by atoms with E-state index < -0.39 is 0 Å². The average Bonchev–Trinajstić information content (AvgIpc) is 2.81. The number of hydrogen-bond acceptors (Lipinski definition) is 4. The lowest BCUT2D eigenvalue weighted by molar-refractivity contribution is 0.0934. The lowest BCUT2D eigenvalue weighted by Gasteiger charge is -2.34. The quantitative estimate of drug-likeness (QED) is 0.642. The third-order valence-corrected chi connectivity index (χ3v) is 5.77. The lowest BCUT2D eigenvalue weighted by atomic mass is 10.1. The molecule has 1 N–H and O–H groups in total. The molecule has 0 spiro atoms. The smallest absolute Gasteiger partial charge is 0.252 e. The zero-order chi connectivity index (χ0) is 21.5. The molecule has 0 bridgehead atoms. The van der Waals surface area contributed by atoms with Crippen molar-refractivity contribution < 1.29 is 4.79 Å². The number of carbonyl (C=O) groups excluding carboxylic acids is 1. The van der Waals surface area contributed by atoms with Crippen molar-refractivity contribution in [2.75, 3.05) is 39.3 Å². The largest absolute Gasteiger partial charge is 0.351 e. The molecule has 2 heterocycles. The molecule has 0 radical (unpaired) electrons. The minimum Gasteiger partial charge on any atom is -0.351 e. The van der Waals surface area contributed by atoms with Crippen LogP contribution in [0.2, 0.25) is 0 Å². The van der Waals surface area contributed by atoms with Crippen LogP contribution in [0.25, 0.3) is 11.3 Å². The van der Waals surface area contributed by atoms with Gasteiger partial charge in [-0.2, -0.15) is 0 Å². The molecule has 1 aliphatic rings. The zero-order valence-corrected chi connectivity index (χ0v) is 18.1. The molecule has 1 aliphatic heterocycles. The fourth-order valence-corrected chi connectivity index (χ4v) is 3.95. The third kappa shape index (κ3) is 6.00. The summed E-state index contributed by atoms with van der Waals surface area (Å²) in [6.45, 7) is 8.80. The molecular formula is C26H30N4O. The maximum Gasteiger partial charge on any atom is 0.252 e. The molecule has 160 valence electrons. The van der Waals surface area contributed by atoms with Crippen molar-refractivity contribution in [3.8, 4) is 11.3 Å². The molecule has 1 saturated heterocycles. The summed E-state index contributed by atoms with van der Waals surface area (Å²) in [4.78, 5) is 21.9. The molecular weight excluding hydrogens is 384 g/mol. The fraction of sp³-hybridized carbons (Fsp3) is 0.308. The zero-order valence-electron chi connectivity index (χ0n) is 18.1. The summed E-state index contributed by atoms with van der Waals surface area (Å²) >= 11 is 0. The van der Waals surface area contributed by atoms with Crippen LogP contribution in [0, 0.1) is 6.92 Å². The second-order valence-electron chi connectivity index (χ2n) is 8.16. The van der Waals surface area contributed by atoms with Crippen LogP contribution in [0.1, 0.15) is 21.5 Å². The minimum atomic E-state index is -0.0639. The van der Waals surface area contributed by atoms with E-state index in [0.29, 0.717) is 12.1 Å². The Morgan fingerprint density at radius 2 is 1.71 bits per heavy atom. The van der Waals surface area contributed by atoms with Crippen LogP contribution < -0.4 is 5.32 Å². The van der Waals surface area contributed by atoms with Crippen molar-refractivity contribution >= 4 is 5.91 Å². The highest BCUT2D eigenvalue weighted by Gasteiger charge is 2.17. The molecule has 1 amide bonds. The highest BCUT2D eigenvalue weighted by atomic mass is 16.1. The van der Waals surface area contributed by atoms with Crippen LogP contribution in [0.3, 0.4) is 0 Å². The number of amides is 1. The van der Waals surface area contributed by atoms with E-state index in [-0.39, 0.29) is 5.91 Å². The first-order valence-electron chi connectivity index (χ1n) is 11.0. The molecule has 4 rings (SSSR count). The Bertz CT molecular complexity index is 980. The van der Waals surface area contributed by atoms with E-state index >= 15 is 0 Å².